The van der Waals surface area contributed by atoms with Crippen molar-refractivity contribution < 1.29 is 14.5 Å². The van der Waals surface area contributed by atoms with Crippen LogP contribution in [0.4, 0.5) is 5.69 Å². The highest BCUT2D eigenvalue weighted by molar-refractivity contribution is 5.95. The molecule has 1 aromatic carbocycles. The van der Waals surface area contributed by atoms with Crippen LogP contribution in [0.1, 0.15) is 28.8 Å². The molecule has 6 nitrogen and oxygen atoms in total. The zero-order valence-corrected chi connectivity index (χ0v) is 13.2. The van der Waals surface area contributed by atoms with Crippen LogP contribution in [0.5, 0.6) is 0 Å². The second-order valence-corrected chi connectivity index (χ2v) is 5.74. The third kappa shape index (κ3) is 4.30. The summed E-state index contributed by atoms with van der Waals surface area (Å²) in [5.74, 6) is 2.50. The topological polar surface area (TPSA) is 72.7 Å². The number of nitro benzene ring substituents is 1. The smallest absolute Gasteiger partial charge is 0.273 e. The molecule has 122 valence electrons. The van der Waals surface area contributed by atoms with Gasteiger partial charge in [-0.15, -0.1) is 6.42 Å². The lowest BCUT2D eigenvalue weighted by Gasteiger charge is -2.32. The first kappa shape index (κ1) is 17.0. The predicted molar refractivity (Wildman–Crippen MR) is 86.1 cm³/mol. The molecule has 1 saturated heterocycles. The molecule has 1 heterocycles. The lowest BCUT2D eigenvalue weighted by atomic mass is 9.98. The lowest BCUT2D eigenvalue weighted by Crippen LogP contribution is -2.41. The van der Waals surface area contributed by atoms with E-state index in [9.17, 15) is 14.9 Å². The van der Waals surface area contributed by atoms with Crippen molar-refractivity contribution in [1.82, 2.24) is 4.90 Å². The molecule has 1 aromatic rings. The number of benzene rings is 1. The van der Waals surface area contributed by atoms with Crippen LogP contribution in [-0.2, 0) is 4.74 Å². The fraction of sp³-hybridized carbons (Fsp3) is 0.471. The highest BCUT2D eigenvalue weighted by Crippen LogP contribution is 2.23. The summed E-state index contributed by atoms with van der Waals surface area (Å²) in [7, 11) is 0. The number of carbonyl (C=O) groups excluding carboxylic acids is 1. The molecule has 0 N–H and O–H groups in total. The molecular formula is C17H20N2O4. The van der Waals surface area contributed by atoms with Gasteiger partial charge >= 0.3 is 0 Å². The largest absolute Gasteiger partial charge is 0.368 e. The average molecular weight is 316 g/mol. The Hall–Kier alpha value is -2.39. The van der Waals surface area contributed by atoms with Crippen molar-refractivity contribution in [3.63, 3.8) is 0 Å². The number of hydrogen-bond donors (Lipinski definition) is 0. The van der Waals surface area contributed by atoms with E-state index in [2.05, 4.69) is 5.92 Å². The summed E-state index contributed by atoms with van der Waals surface area (Å²) in [5, 5.41) is 11.0. The normalized spacial score (nSPS) is 17.6. The minimum Gasteiger partial charge on any atom is -0.368 e. The Morgan fingerprint density at radius 3 is 3.04 bits per heavy atom. The molecule has 1 unspecified atom stereocenters. The Bertz CT molecular complexity index is 636. The van der Waals surface area contributed by atoms with Crippen molar-refractivity contribution in [3.05, 3.63) is 39.4 Å². The van der Waals surface area contributed by atoms with E-state index in [1.165, 1.54) is 6.07 Å². The van der Waals surface area contributed by atoms with Gasteiger partial charge in [-0.2, -0.15) is 0 Å². The molecule has 1 aliphatic rings. The van der Waals surface area contributed by atoms with E-state index >= 15 is 0 Å². The van der Waals surface area contributed by atoms with Gasteiger partial charge in [-0.3, -0.25) is 14.9 Å². The van der Waals surface area contributed by atoms with Crippen molar-refractivity contribution in [3.8, 4) is 12.3 Å². The van der Waals surface area contributed by atoms with Gasteiger partial charge in [0.1, 0.15) is 6.61 Å². The molecule has 0 spiro atoms. The van der Waals surface area contributed by atoms with E-state index in [4.69, 9.17) is 11.2 Å². The van der Waals surface area contributed by atoms with Gasteiger partial charge in [0.25, 0.3) is 11.6 Å². The second-order valence-electron chi connectivity index (χ2n) is 5.74. The van der Waals surface area contributed by atoms with E-state index in [-0.39, 0.29) is 24.1 Å². The van der Waals surface area contributed by atoms with Gasteiger partial charge in [0.05, 0.1) is 11.5 Å². The molecule has 2 rings (SSSR count). The quantitative estimate of drug-likeness (QED) is 0.362. The Balaban J connectivity index is 2.06. The molecule has 6 heteroatoms. The maximum atomic E-state index is 12.6. The SMILES string of the molecule is C#CCOCC1CCCN(C(=O)c2ccc(C)c([N+](=O)[O-])c2)C1. The van der Waals surface area contributed by atoms with Gasteiger partial charge in [0.15, 0.2) is 0 Å². The van der Waals surface area contributed by atoms with Crippen molar-refractivity contribution in [2.75, 3.05) is 26.3 Å². The number of ether oxygens (including phenoxy) is 1. The van der Waals surface area contributed by atoms with Crippen LogP contribution >= 0.6 is 0 Å². The van der Waals surface area contributed by atoms with Crippen molar-refractivity contribution in [2.45, 2.75) is 19.8 Å². The highest BCUT2D eigenvalue weighted by atomic mass is 16.6. The van der Waals surface area contributed by atoms with Crippen molar-refractivity contribution >= 4 is 11.6 Å². The Morgan fingerprint density at radius 1 is 1.57 bits per heavy atom. The summed E-state index contributed by atoms with van der Waals surface area (Å²) in [6.45, 7) is 3.71. The van der Waals surface area contributed by atoms with E-state index in [0.717, 1.165) is 12.8 Å². The molecule has 0 bridgehead atoms. The minimum atomic E-state index is -0.460. The molecule has 0 saturated carbocycles. The number of piperidine rings is 1. The number of hydrogen-bond acceptors (Lipinski definition) is 4. The Kier molecular flexibility index (Phi) is 5.72. The zero-order chi connectivity index (χ0) is 16.8. The zero-order valence-electron chi connectivity index (χ0n) is 13.2. The molecule has 1 fully saturated rings. The molecule has 1 amide bonds. The Labute approximate surface area is 135 Å². The fourth-order valence-corrected chi connectivity index (χ4v) is 2.79. The van der Waals surface area contributed by atoms with Gasteiger partial charge in [-0.05, 0) is 25.8 Å². The fourth-order valence-electron chi connectivity index (χ4n) is 2.79. The van der Waals surface area contributed by atoms with Crippen LogP contribution in [0.15, 0.2) is 18.2 Å². The van der Waals surface area contributed by atoms with Crippen LogP contribution in [0, 0.1) is 35.3 Å². The number of carbonyl (C=O) groups is 1. The summed E-state index contributed by atoms with van der Waals surface area (Å²) in [5.41, 5.74) is 0.875. The average Bonchev–Trinajstić information content (AvgIpc) is 2.55. The molecule has 0 aliphatic carbocycles. The van der Waals surface area contributed by atoms with Gasteiger partial charge in [0, 0.05) is 36.2 Å². The van der Waals surface area contributed by atoms with E-state index in [1.807, 2.05) is 0 Å². The van der Waals surface area contributed by atoms with Gasteiger partial charge < -0.3 is 9.64 Å². The number of aryl methyl sites for hydroxylation is 1. The number of likely N-dealkylation sites (tertiary alicyclic amines) is 1. The number of terminal acetylenes is 1. The molecule has 0 aromatic heterocycles. The summed E-state index contributed by atoms with van der Waals surface area (Å²) in [6, 6.07) is 4.61. The summed E-state index contributed by atoms with van der Waals surface area (Å²) >= 11 is 0. The van der Waals surface area contributed by atoms with Crippen LogP contribution in [0.3, 0.4) is 0 Å². The predicted octanol–water partition coefficient (Wildman–Crippen LogP) is 2.41. The summed E-state index contributed by atoms with van der Waals surface area (Å²) in [6.07, 6.45) is 7.03. The number of rotatable bonds is 5. The van der Waals surface area contributed by atoms with Crippen LogP contribution < -0.4 is 0 Å². The van der Waals surface area contributed by atoms with Gasteiger partial charge in [-0.1, -0.05) is 12.0 Å². The van der Waals surface area contributed by atoms with Crippen molar-refractivity contribution in [2.24, 2.45) is 5.92 Å². The second kappa shape index (κ2) is 7.75. The monoisotopic (exact) mass is 316 g/mol. The number of nitrogens with zero attached hydrogens (tertiary/aromatic N) is 2. The molecule has 1 aliphatic heterocycles. The van der Waals surface area contributed by atoms with Crippen LogP contribution in [0.2, 0.25) is 0 Å². The van der Waals surface area contributed by atoms with E-state index in [0.29, 0.717) is 30.8 Å². The van der Waals surface area contributed by atoms with E-state index < -0.39 is 4.92 Å². The van der Waals surface area contributed by atoms with E-state index in [1.54, 1.807) is 24.0 Å². The van der Waals surface area contributed by atoms with Crippen molar-refractivity contribution in [1.29, 1.82) is 0 Å². The first-order chi connectivity index (χ1) is 11.0. The third-order valence-electron chi connectivity index (χ3n) is 4.00. The van der Waals surface area contributed by atoms with Gasteiger partial charge in [-0.25, -0.2) is 0 Å². The van der Waals surface area contributed by atoms with Gasteiger partial charge in [0.2, 0.25) is 0 Å². The maximum Gasteiger partial charge on any atom is 0.273 e. The molecule has 1 atom stereocenters. The maximum absolute atomic E-state index is 12.6. The van der Waals surface area contributed by atoms with Crippen LogP contribution in [-0.4, -0.2) is 42.0 Å². The first-order valence-electron chi connectivity index (χ1n) is 7.58. The molecular weight excluding hydrogens is 296 g/mol. The summed E-state index contributed by atoms with van der Waals surface area (Å²) in [4.78, 5) is 24.9. The first-order valence-corrected chi connectivity index (χ1v) is 7.58. The number of amides is 1. The standard InChI is InChI=1S/C17H20N2O4/c1-3-9-23-12-14-5-4-8-18(11-14)17(20)15-7-6-13(2)16(10-15)19(21)22/h1,6-7,10,14H,4-5,8-9,11-12H2,2H3. The molecule has 23 heavy (non-hydrogen) atoms. The molecule has 0 radical (unpaired) electrons. The van der Waals surface area contributed by atoms with Crippen LogP contribution in [0.25, 0.3) is 0 Å². The number of nitro groups is 1. The third-order valence-corrected chi connectivity index (χ3v) is 4.00. The summed E-state index contributed by atoms with van der Waals surface area (Å²) < 4.78 is 5.36. The highest BCUT2D eigenvalue weighted by Gasteiger charge is 2.25. The minimum absolute atomic E-state index is 0.0261. The Morgan fingerprint density at radius 2 is 2.35 bits per heavy atom. The lowest BCUT2D eigenvalue weighted by molar-refractivity contribution is -0.385.